The van der Waals surface area contributed by atoms with E-state index >= 15 is 0 Å². The van der Waals surface area contributed by atoms with Gasteiger partial charge in [-0.1, -0.05) is 96.6 Å². The van der Waals surface area contributed by atoms with E-state index in [2.05, 4.69) is 97.9 Å². The lowest BCUT2D eigenvalue weighted by molar-refractivity contribution is 1.40. The van der Waals surface area contributed by atoms with E-state index in [9.17, 15) is 0 Å². The summed E-state index contributed by atoms with van der Waals surface area (Å²) in [5.41, 5.74) is 6.93. The molecule has 5 aromatic rings. The zero-order chi connectivity index (χ0) is 18.2. The van der Waals surface area contributed by atoms with Crippen molar-refractivity contribution in [2.45, 2.75) is 6.92 Å². The topological polar surface area (TPSA) is 12.9 Å². The Morgan fingerprint density at radius 3 is 2.15 bits per heavy atom. The molecule has 0 aliphatic rings. The zero-order valence-electron chi connectivity index (χ0n) is 15.2. The van der Waals surface area contributed by atoms with Crippen molar-refractivity contribution in [2.75, 3.05) is 0 Å². The van der Waals surface area contributed by atoms with Crippen LogP contribution in [-0.2, 0) is 0 Å². The highest BCUT2D eigenvalue weighted by atomic mass is 14.7. The van der Waals surface area contributed by atoms with Gasteiger partial charge in [0.05, 0.1) is 11.2 Å². The van der Waals surface area contributed by atoms with Gasteiger partial charge in [0.25, 0.3) is 0 Å². The largest absolute Gasteiger partial charge is 0.247 e. The number of fused-ring (bicyclic) bond motifs is 3. The van der Waals surface area contributed by atoms with Crippen LogP contribution in [-0.4, -0.2) is 4.98 Å². The Morgan fingerprint density at radius 2 is 1.33 bits per heavy atom. The van der Waals surface area contributed by atoms with Crippen molar-refractivity contribution < 1.29 is 0 Å². The summed E-state index contributed by atoms with van der Waals surface area (Å²) in [6, 6.07) is 34.3. The molecule has 0 bridgehead atoms. The monoisotopic (exact) mass is 345 g/mol. The van der Waals surface area contributed by atoms with Crippen molar-refractivity contribution in [1.82, 2.24) is 4.98 Å². The van der Waals surface area contributed by atoms with Crippen molar-refractivity contribution in [3.63, 3.8) is 0 Å². The van der Waals surface area contributed by atoms with E-state index in [0.717, 1.165) is 16.8 Å². The predicted octanol–water partition coefficient (Wildman–Crippen LogP) is 7.03. The van der Waals surface area contributed by atoms with E-state index in [0.29, 0.717) is 0 Å². The standard InChI is InChI=1S/C26H19N/c1-18-11-13-20(14-12-18)24-17-25(21-8-3-2-4-9-21)27-26-22-10-6-5-7-19(22)15-16-23(24)26/h2-17H,1H3. The van der Waals surface area contributed by atoms with Gasteiger partial charge in [-0.15, -0.1) is 0 Å². The highest BCUT2D eigenvalue weighted by molar-refractivity contribution is 6.10. The van der Waals surface area contributed by atoms with Gasteiger partial charge < -0.3 is 0 Å². The van der Waals surface area contributed by atoms with Crippen LogP contribution in [0.25, 0.3) is 44.1 Å². The third-order valence-corrected chi connectivity index (χ3v) is 5.14. The van der Waals surface area contributed by atoms with Crippen molar-refractivity contribution >= 4 is 21.7 Å². The van der Waals surface area contributed by atoms with Crippen LogP contribution in [0, 0.1) is 6.92 Å². The van der Waals surface area contributed by atoms with Crippen molar-refractivity contribution in [2.24, 2.45) is 0 Å². The maximum absolute atomic E-state index is 5.08. The number of pyridine rings is 1. The minimum atomic E-state index is 1.01. The van der Waals surface area contributed by atoms with E-state index in [1.807, 2.05) is 6.07 Å². The Balaban J connectivity index is 1.89. The fraction of sp³-hybridized carbons (Fsp3) is 0.0385. The van der Waals surface area contributed by atoms with Gasteiger partial charge in [0, 0.05) is 16.3 Å². The van der Waals surface area contributed by atoms with Crippen LogP contribution in [0.4, 0.5) is 0 Å². The average molecular weight is 345 g/mol. The second kappa shape index (κ2) is 6.37. The first-order valence-corrected chi connectivity index (χ1v) is 9.24. The summed E-state index contributed by atoms with van der Waals surface area (Å²) in [6.45, 7) is 2.12. The molecule has 27 heavy (non-hydrogen) atoms. The SMILES string of the molecule is Cc1ccc(-c2cc(-c3ccccc3)nc3c2ccc2ccccc23)cc1. The Bertz CT molecular complexity index is 1250. The maximum atomic E-state index is 5.08. The molecule has 4 aromatic carbocycles. The number of benzene rings is 4. The molecular weight excluding hydrogens is 326 g/mol. The van der Waals surface area contributed by atoms with Crippen LogP contribution in [0.15, 0.2) is 97.1 Å². The van der Waals surface area contributed by atoms with E-state index < -0.39 is 0 Å². The molecule has 1 heterocycles. The Morgan fingerprint density at radius 1 is 0.593 bits per heavy atom. The molecule has 0 N–H and O–H groups in total. The minimum absolute atomic E-state index is 1.01. The molecule has 128 valence electrons. The molecule has 0 amide bonds. The predicted molar refractivity (Wildman–Crippen MR) is 115 cm³/mol. The maximum Gasteiger partial charge on any atom is 0.0794 e. The smallest absolute Gasteiger partial charge is 0.0794 e. The van der Waals surface area contributed by atoms with Crippen molar-refractivity contribution in [3.05, 3.63) is 103 Å². The Kier molecular flexibility index (Phi) is 3.72. The van der Waals surface area contributed by atoms with E-state index in [1.165, 1.54) is 32.8 Å². The molecule has 0 spiro atoms. The van der Waals surface area contributed by atoms with Crippen molar-refractivity contribution in [1.29, 1.82) is 0 Å². The molecular formula is C26H19N. The van der Waals surface area contributed by atoms with Gasteiger partial charge in [0.1, 0.15) is 0 Å². The van der Waals surface area contributed by atoms with Crippen LogP contribution >= 0.6 is 0 Å². The third kappa shape index (κ3) is 2.78. The second-order valence-corrected chi connectivity index (χ2v) is 6.97. The summed E-state index contributed by atoms with van der Waals surface area (Å²) >= 11 is 0. The highest BCUT2D eigenvalue weighted by Gasteiger charge is 2.11. The molecule has 0 radical (unpaired) electrons. The number of aromatic nitrogens is 1. The molecule has 0 atom stereocenters. The summed E-state index contributed by atoms with van der Waals surface area (Å²) in [5, 5.41) is 3.61. The van der Waals surface area contributed by atoms with Gasteiger partial charge in [0.15, 0.2) is 0 Å². The van der Waals surface area contributed by atoms with Gasteiger partial charge in [-0.3, -0.25) is 0 Å². The normalized spacial score (nSPS) is 11.1. The van der Waals surface area contributed by atoms with Gasteiger partial charge in [-0.2, -0.15) is 0 Å². The molecule has 0 fully saturated rings. The van der Waals surface area contributed by atoms with Crippen LogP contribution in [0.2, 0.25) is 0 Å². The quantitative estimate of drug-likeness (QED) is 0.313. The number of rotatable bonds is 2. The summed E-state index contributed by atoms with van der Waals surface area (Å²) in [7, 11) is 0. The van der Waals surface area contributed by atoms with Gasteiger partial charge in [-0.05, 0) is 29.5 Å². The summed E-state index contributed by atoms with van der Waals surface area (Å²) in [5.74, 6) is 0. The molecule has 0 aliphatic heterocycles. The van der Waals surface area contributed by atoms with Crippen LogP contribution in [0.5, 0.6) is 0 Å². The summed E-state index contributed by atoms with van der Waals surface area (Å²) in [4.78, 5) is 5.08. The molecule has 0 saturated heterocycles. The Labute approximate surface area is 158 Å². The van der Waals surface area contributed by atoms with Gasteiger partial charge >= 0.3 is 0 Å². The van der Waals surface area contributed by atoms with E-state index in [1.54, 1.807) is 0 Å². The lowest BCUT2D eigenvalue weighted by atomic mass is 9.95. The fourth-order valence-electron chi connectivity index (χ4n) is 3.69. The summed E-state index contributed by atoms with van der Waals surface area (Å²) < 4.78 is 0. The average Bonchev–Trinajstić information content (AvgIpc) is 2.74. The lowest BCUT2D eigenvalue weighted by Crippen LogP contribution is -1.91. The number of aryl methyl sites for hydroxylation is 1. The number of hydrogen-bond donors (Lipinski definition) is 0. The molecule has 1 heteroatoms. The molecule has 0 saturated carbocycles. The van der Waals surface area contributed by atoms with Crippen LogP contribution in [0.3, 0.4) is 0 Å². The Hall–Kier alpha value is -3.45. The third-order valence-electron chi connectivity index (χ3n) is 5.14. The number of hydrogen-bond acceptors (Lipinski definition) is 1. The first-order valence-electron chi connectivity index (χ1n) is 9.24. The van der Waals surface area contributed by atoms with E-state index in [4.69, 9.17) is 4.98 Å². The van der Waals surface area contributed by atoms with Gasteiger partial charge in [0.2, 0.25) is 0 Å². The fourth-order valence-corrected chi connectivity index (χ4v) is 3.69. The second-order valence-electron chi connectivity index (χ2n) is 6.97. The van der Waals surface area contributed by atoms with Crippen molar-refractivity contribution in [3.8, 4) is 22.4 Å². The molecule has 5 rings (SSSR count). The molecule has 0 unspecified atom stereocenters. The zero-order valence-corrected chi connectivity index (χ0v) is 15.2. The van der Waals surface area contributed by atoms with Crippen LogP contribution < -0.4 is 0 Å². The van der Waals surface area contributed by atoms with E-state index in [-0.39, 0.29) is 0 Å². The number of nitrogens with zero attached hydrogens (tertiary/aromatic N) is 1. The lowest BCUT2D eigenvalue weighted by Gasteiger charge is -2.12. The first kappa shape index (κ1) is 15.8. The first-order chi connectivity index (χ1) is 13.3. The van der Waals surface area contributed by atoms with Gasteiger partial charge in [-0.25, -0.2) is 4.98 Å². The molecule has 1 nitrogen and oxygen atoms in total. The van der Waals surface area contributed by atoms with Crippen LogP contribution in [0.1, 0.15) is 5.56 Å². The molecule has 0 aliphatic carbocycles. The minimum Gasteiger partial charge on any atom is -0.247 e. The highest BCUT2D eigenvalue weighted by Crippen LogP contribution is 2.35. The molecule has 1 aromatic heterocycles. The summed E-state index contributed by atoms with van der Waals surface area (Å²) in [6.07, 6.45) is 0.